The second-order valence-electron chi connectivity index (χ2n) is 7.63. The van der Waals surface area contributed by atoms with Gasteiger partial charge < -0.3 is 26.7 Å². The van der Waals surface area contributed by atoms with E-state index in [2.05, 4.69) is 4.98 Å². The van der Waals surface area contributed by atoms with Gasteiger partial charge in [0.25, 0.3) is 0 Å². The summed E-state index contributed by atoms with van der Waals surface area (Å²) in [6.45, 7) is 0. The quantitative estimate of drug-likeness (QED) is 0.286. The highest BCUT2D eigenvalue weighted by molar-refractivity contribution is 6.00. The summed E-state index contributed by atoms with van der Waals surface area (Å²) in [5, 5.41) is 28.9. The Morgan fingerprint density at radius 1 is 1.17 bits per heavy atom. The zero-order valence-corrected chi connectivity index (χ0v) is 16.1. The maximum Gasteiger partial charge on any atom is 0.305 e. The summed E-state index contributed by atoms with van der Waals surface area (Å²) in [6.07, 6.45) is 1.56. The molecule has 1 atom stereocenters. The van der Waals surface area contributed by atoms with Crippen LogP contribution in [0.1, 0.15) is 29.7 Å². The predicted molar refractivity (Wildman–Crippen MR) is 117 cm³/mol. The lowest BCUT2D eigenvalue weighted by molar-refractivity contribution is -0.137. The number of hydrogen-bond acceptors (Lipinski definition) is 4. The number of hydrogen-bond donors (Lipinski definition) is 6. The van der Waals surface area contributed by atoms with E-state index in [1.165, 1.54) is 0 Å². The summed E-state index contributed by atoms with van der Waals surface area (Å²) >= 11 is 0. The number of benzene rings is 2. The van der Waals surface area contributed by atoms with E-state index in [1.54, 1.807) is 18.2 Å². The van der Waals surface area contributed by atoms with Crippen LogP contribution in [0.25, 0.3) is 22.0 Å². The van der Waals surface area contributed by atoms with E-state index in [0.717, 1.165) is 16.5 Å². The molecule has 0 saturated heterocycles. The largest absolute Gasteiger partial charge is 0.507 e. The van der Waals surface area contributed by atoms with Crippen molar-refractivity contribution in [1.82, 2.24) is 4.98 Å². The predicted octanol–water partition coefficient (Wildman–Crippen LogP) is 3.38. The van der Waals surface area contributed by atoms with Gasteiger partial charge in [-0.05, 0) is 36.2 Å². The van der Waals surface area contributed by atoms with E-state index in [9.17, 15) is 15.0 Å². The lowest BCUT2D eigenvalue weighted by Gasteiger charge is -2.32. The van der Waals surface area contributed by atoms with E-state index < -0.39 is 11.5 Å². The zero-order chi connectivity index (χ0) is 21.5. The van der Waals surface area contributed by atoms with Crippen molar-refractivity contribution in [3.05, 3.63) is 83.3 Å². The average molecular weight is 402 g/mol. The van der Waals surface area contributed by atoms with Gasteiger partial charge in [0, 0.05) is 38.8 Å². The van der Waals surface area contributed by atoms with Gasteiger partial charge in [-0.2, -0.15) is 0 Å². The second kappa shape index (κ2) is 7.20. The SMILES string of the molecule is N=C(N)c1ccc2[nH]c(C3=CC(N)(CC(=O)O)CC(c4ccccc4)=C3O)cc2c1. The Balaban J connectivity index is 1.88. The van der Waals surface area contributed by atoms with Crippen molar-refractivity contribution >= 4 is 33.9 Å². The Labute approximate surface area is 172 Å². The number of aromatic amines is 1. The molecule has 0 radical (unpaired) electrons. The molecule has 30 heavy (non-hydrogen) atoms. The molecule has 152 valence electrons. The van der Waals surface area contributed by atoms with Crippen LogP contribution in [0.2, 0.25) is 0 Å². The molecule has 8 N–H and O–H groups in total. The molecule has 1 aliphatic carbocycles. The molecule has 1 aliphatic rings. The topological polar surface area (TPSA) is 149 Å². The first-order valence-corrected chi connectivity index (χ1v) is 9.45. The first-order valence-electron chi connectivity index (χ1n) is 9.45. The molecule has 0 amide bonds. The number of carboxylic acids is 1. The second-order valence-corrected chi connectivity index (χ2v) is 7.63. The average Bonchev–Trinajstić information content (AvgIpc) is 3.12. The van der Waals surface area contributed by atoms with Crippen LogP contribution in [0.3, 0.4) is 0 Å². The molecule has 4 rings (SSSR count). The summed E-state index contributed by atoms with van der Waals surface area (Å²) in [4.78, 5) is 14.7. The molecule has 0 spiro atoms. The first-order chi connectivity index (χ1) is 14.3. The van der Waals surface area contributed by atoms with Gasteiger partial charge in [-0.25, -0.2) is 0 Å². The van der Waals surface area contributed by atoms with E-state index in [4.69, 9.17) is 16.9 Å². The summed E-state index contributed by atoms with van der Waals surface area (Å²) in [6, 6.07) is 16.5. The first kappa shape index (κ1) is 19.5. The number of carboxylic acid groups (broad SMARTS) is 1. The maximum absolute atomic E-state index is 11.5. The number of aliphatic hydroxyl groups is 1. The monoisotopic (exact) mass is 402 g/mol. The number of amidine groups is 1. The van der Waals surface area contributed by atoms with Gasteiger partial charge in [0.2, 0.25) is 0 Å². The number of carbonyl (C=O) groups is 1. The van der Waals surface area contributed by atoms with Crippen molar-refractivity contribution in [3.63, 3.8) is 0 Å². The Morgan fingerprint density at radius 3 is 2.57 bits per heavy atom. The number of H-pyrrole nitrogens is 1. The lowest BCUT2D eigenvalue weighted by atomic mass is 9.78. The Morgan fingerprint density at radius 2 is 1.90 bits per heavy atom. The van der Waals surface area contributed by atoms with Crippen molar-refractivity contribution in [3.8, 4) is 0 Å². The minimum absolute atomic E-state index is 0.0342. The van der Waals surface area contributed by atoms with Crippen molar-refractivity contribution in [1.29, 1.82) is 5.41 Å². The van der Waals surface area contributed by atoms with Crippen LogP contribution >= 0.6 is 0 Å². The number of nitrogen functional groups attached to an aromatic ring is 1. The van der Waals surface area contributed by atoms with Crippen molar-refractivity contribution in [2.75, 3.05) is 0 Å². The minimum atomic E-state index is -1.15. The smallest absolute Gasteiger partial charge is 0.305 e. The van der Waals surface area contributed by atoms with Crippen LogP contribution in [0.4, 0.5) is 0 Å². The maximum atomic E-state index is 11.5. The fourth-order valence-electron chi connectivity index (χ4n) is 3.91. The van der Waals surface area contributed by atoms with Crippen molar-refractivity contribution in [2.45, 2.75) is 18.4 Å². The highest BCUT2D eigenvalue weighted by Gasteiger charge is 2.35. The number of fused-ring (bicyclic) bond motifs is 1. The molecule has 1 heterocycles. The Bertz CT molecular complexity index is 1220. The summed E-state index contributed by atoms with van der Waals surface area (Å²) in [5.74, 6) is -0.983. The van der Waals surface area contributed by atoms with Gasteiger partial charge in [-0.3, -0.25) is 10.2 Å². The van der Waals surface area contributed by atoms with Crippen LogP contribution in [-0.2, 0) is 4.79 Å². The van der Waals surface area contributed by atoms with Gasteiger partial charge in [-0.15, -0.1) is 0 Å². The van der Waals surface area contributed by atoms with E-state index >= 15 is 0 Å². The van der Waals surface area contributed by atoms with E-state index in [-0.39, 0.29) is 24.4 Å². The number of nitrogens with one attached hydrogen (secondary N) is 2. The molecule has 7 nitrogen and oxygen atoms in total. The van der Waals surface area contributed by atoms with Crippen molar-refractivity contribution in [2.24, 2.45) is 11.5 Å². The third kappa shape index (κ3) is 3.58. The highest BCUT2D eigenvalue weighted by Crippen LogP contribution is 2.41. The van der Waals surface area contributed by atoms with Gasteiger partial charge in [-0.1, -0.05) is 36.4 Å². The minimum Gasteiger partial charge on any atom is -0.507 e. The van der Waals surface area contributed by atoms with Crippen LogP contribution in [-0.4, -0.2) is 32.5 Å². The van der Waals surface area contributed by atoms with Gasteiger partial charge in [0.1, 0.15) is 11.6 Å². The summed E-state index contributed by atoms with van der Waals surface area (Å²) in [5.41, 5.74) is 14.7. The molecule has 0 aliphatic heterocycles. The van der Waals surface area contributed by atoms with E-state index in [0.29, 0.717) is 22.4 Å². The third-order valence-corrected chi connectivity index (χ3v) is 5.30. The highest BCUT2D eigenvalue weighted by atomic mass is 16.4. The molecule has 1 aromatic heterocycles. The normalized spacial score (nSPS) is 19.0. The van der Waals surface area contributed by atoms with Gasteiger partial charge in [0.05, 0.1) is 6.42 Å². The van der Waals surface area contributed by atoms with Crippen LogP contribution < -0.4 is 11.5 Å². The Kier molecular flexibility index (Phi) is 4.67. The number of rotatable bonds is 5. The molecular weight excluding hydrogens is 380 g/mol. The molecule has 1 unspecified atom stereocenters. The number of aromatic nitrogens is 1. The molecule has 7 heteroatoms. The summed E-state index contributed by atoms with van der Waals surface area (Å²) in [7, 11) is 0. The summed E-state index contributed by atoms with van der Waals surface area (Å²) < 4.78 is 0. The fourth-order valence-corrected chi connectivity index (χ4v) is 3.91. The van der Waals surface area contributed by atoms with Crippen LogP contribution in [0, 0.1) is 5.41 Å². The van der Waals surface area contributed by atoms with Gasteiger partial charge in [0.15, 0.2) is 0 Å². The number of aliphatic hydroxyl groups excluding tert-OH is 1. The molecule has 2 aromatic carbocycles. The third-order valence-electron chi connectivity index (χ3n) is 5.30. The zero-order valence-electron chi connectivity index (χ0n) is 16.1. The number of nitrogens with two attached hydrogens (primary N) is 2. The molecular formula is C23H22N4O3. The van der Waals surface area contributed by atoms with Crippen LogP contribution in [0.15, 0.2) is 66.4 Å². The molecule has 0 fully saturated rings. The molecule has 0 saturated carbocycles. The fraction of sp³-hybridized carbons (Fsp3) is 0.130. The van der Waals surface area contributed by atoms with E-state index in [1.807, 2.05) is 42.5 Å². The van der Waals surface area contributed by atoms with Crippen LogP contribution in [0.5, 0.6) is 0 Å². The van der Waals surface area contributed by atoms with Gasteiger partial charge >= 0.3 is 5.97 Å². The standard InChI is InChI=1S/C23H22N4O3/c24-22(25)14-6-7-18-15(8-14)9-19(27-18)17-11-23(26,12-20(28)29)10-16(21(17)30)13-4-2-1-3-5-13/h1-9,11,27,30H,10,12,26H2,(H3,24,25)(H,28,29). The Hall–Kier alpha value is -3.84. The molecule has 3 aromatic rings. The molecule has 0 bridgehead atoms. The lowest BCUT2D eigenvalue weighted by Crippen LogP contribution is -2.42. The van der Waals surface area contributed by atoms with Crippen molar-refractivity contribution < 1.29 is 15.0 Å². The number of allylic oxidation sites excluding steroid dienone is 1. The number of aliphatic carboxylic acids is 1.